The van der Waals surface area contributed by atoms with Crippen molar-refractivity contribution in [1.29, 1.82) is 0 Å². The Morgan fingerprint density at radius 3 is 2.42 bits per heavy atom. The average Bonchev–Trinajstić information content (AvgIpc) is 2.28. The topological polar surface area (TPSA) is 32.3 Å². The van der Waals surface area contributed by atoms with Crippen molar-refractivity contribution >= 4 is 5.91 Å². The highest BCUT2D eigenvalue weighted by molar-refractivity contribution is 5.78. The van der Waals surface area contributed by atoms with Crippen molar-refractivity contribution in [3.8, 4) is 0 Å². The van der Waals surface area contributed by atoms with Crippen LogP contribution in [0.1, 0.15) is 38.8 Å². The number of hydrogen-bond donors (Lipinski definition) is 1. The molecular weight excluding hydrogens is 236 g/mol. The normalized spacial score (nSPS) is 11.7. The molecule has 1 amide bonds. The van der Waals surface area contributed by atoms with E-state index in [1.807, 2.05) is 32.9 Å². The Morgan fingerprint density at radius 1 is 1.26 bits per heavy atom. The Balaban J connectivity index is 2.60. The zero-order chi connectivity index (χ0) is 14.5. The molecule has 0 saturated heterocycles. The van der Waals surface area contributed by atoms with E-state index < -0.39 is 0 Å². The highest BCUT2D eigenvalue weighted by Gasteiger charge is 2.16. The van der Waals surface area contributed by atoms with E-state index in [0.717, 1.165) is 13.1 Å². The second-order valence-corrected chi connectivity index (χ2v) is 6.03. The molecule has 1 aromatic rings. The van der Waals surface area contributed by atoms with Gasteiger partial charge in [-0.25, -0.2) is 0 Å². The molecule has 0 unspecified atom stereocenters. The molecule has 3 heteroatoms. The molecule has 3 nitrogen and oxygen atoms in total. The maximum atomic E-state index is 12.0. The first-order valence-corrected chi connectivity index (χ1v) is 6.89. The van der Waals surface area contributed by atoms with Crippen LogP contribution in [0.4, 0.5) is 0 Å². The minimum atomic E-state index is -0.168. The molecule has 0 atom stereocenters. The standard InChI is InChI=1S/C16H26N2O/c1-6-18(12-15(19)17-16(3,4)5)11-14-10-8-7-9-13(14)2/h7-10H,6,11-12H2,1-5H3,(H,17,19). The molecule has 106 valence electrons. The number of likely N-dealkylation sites (N-methyl/N-ethyl adjacent to an activating group) is 1. The van der Waals surface area contributed by atoms with Crippen molar-refractivity contribution in [2.45, 2.75) is 46.7 Å². The summed E-state index contributed by atoms with van der Waals surface area (Å²) in [5, 5.41) is 3.00. The van der Waals surface area contributed by atoms with E-state index in [1.165, 1.54) is 11.1 Å². The molecule has 0 heterocycles. The average molecular weight is 262 g/mol. The number of carbonyl (C=O) groups is 1. The van der Waals surface area contributed by atoms with Crippen molar-refractivity contribution < 1.29 is 4.79 Å². The van der Waals surface area contributed by atoms with Gasteiger partial charge in [0.15, 0.2) is 0 Å². The van der Waals surface area contributed by atoms with Gasteiger partial charge in [-0.05, 0) is 45.4 Å². The molecule has 0 fully saturated rings. The van der Waals surface area contributed by atoms with E-state index in [4.69, 9.17) is 0 Å². The molecule has 0 aliphatic rings. The van der Waals surface area contributed by atoms with Crippen LogP contribution in [-0.2, 0) is 11.3 Å². The highest BCUT2D eigenvalue weighted by atomic mass is 16.2. The monoisotopic (exact) mass is 262 g/mol. The van der Waals surface area contributed by atoms with Crippen LogP contribution in [0, 0.1) is 6.92 Å². The van der Waals surface area contributed by atoms with Crippen LogP contribution >= 0.6 is 0 Å². The summed E-state index contributed by atoms with van der Waals surface area (Å²) in [5.74, 6) is 0.0861. The fourth-order valence-corrected chi connectivity index (χ4v) is 1.97. The molecule has 1 rings (SSSR count). The molecule has 0 aliphatic carbocycles. The third-order valence-corrected chi connectivity index (χ3v) is 2.98. The van der Waals surface area contributed by atoms with E-state index in [0.29, 0.717) is 6.54 Å². The molecule has 1 aromatic carbocycles. The van der Waals surface area contributed by atoms with E-state index in [2.05, 4.69) is 36.2 Å². The lowest BCUT2D eigenvalue weighted by atomic mass is 10.1. The quantitative estimate of drug-likeness (QED) is 0.885. The fourth-order valence-electron chi connectivity index (χ4n) is 1.97. The van der Waals surface area contributed by atoms with Crippen molar-refractivity contribution in [3.63, 3.8) is 0 Å². The number of carbonyl (C=O) groups excluding carboxylic acids is 1. The van der Waals surface area contributed by atoms with Gasteiger partial charge in [0.1, 0.15) is 0 Å². The third-order valence-electron chi connectivity index (χ3n) is 2.98. The summed E-state index contributed by atoms with van der Waals surface area (Å²) in [7, 11) is 0. The summed E-state index contributed by atoms with van der Waals surface area (Å²) in [6, 6.07) is 8.32. The Kier molecular flexibility index (Phi) is 5.55. The van der Waals surface area contributed by atoms with E-state index in [9.17, 15) is 4.79 Å². The van der Waals surface area contributed by atoms with Gasteiger partial charge < -0.3 is 5.32 Å². The van der Waals surface area contributed by atoms with Gasteiger partial charge in [-0.3, -0.25) is 9.69 Å². The largest absolute Gasteiger partial charge is 0.350 e. The predicted molar refractivity (Wildman–Crippen MR) is 80.0 cm³/mol. The maximum absolute atomic E-state index is 12.0. The van der Waals surface area contributed by atoms with Crippen LogP contribution in [0.3, 0.4) is 0 Å². The zero-order valence-electron chi connectivity index (χ0n) is 12.8. The van der Waals surface area contributed by atoms with Gasteiger partial charge in [-0.1, -0.05) is 31.2 Å². The van der Waals surface area contributed by atoms with E-state index in [-0.39, 0.29) is 11.4 Å². The smallest absolute Gasteiger partial charge is 0.234 e. The Morgan fingerprint density at radius 2 is 1.89 bits per heavy atom. The van der Waals surface area contributed by atoms with Gasteiger partial charge >= 0.3 is 0 Å². The lowest BCUT2D eigenvalue weighted by molar-refractivity contribution is -0.123. The number of amides is 1. The van der Waals surface area contributed by atoms with Crippen LogP contribution in [-0.4, -0.2) is 29.4 Å². The van der Waals surface area contributed by atoms with E-state index in [1.54, 1.807) is 0 Å². The number of benzene rings is 1. The van der Waals surface area contributed by atoms with Gasteiger partial charge in [0.2, 0.25) is 5.91 Å². The Bertz CT molecular complexity index is 421. The van der Waals surface area contributed by atoms with Crippen molar-refractivity contribution in [2.75, 3.05) is 13.1 Å². The summed E-state index contributed by atoms with van der Waals surface area (Å²) < 4.78 is 0. The lowest BCUT2D eigenvalue weighted by Gasteiger charge is -2.25. The summed E-state index contributed by atoms with van der Waals surface area (Å²) >= 11 is 0. The second kappa shape index (κ2) is 6.71. The number of nitrogens with one attached hydrogen (secondary N) is 1. The molecule has 1 N–H and O–H groups in total. The second-order valence-electron chi connectivity index (χ2n) is 6.03. The zero-order valence-corrected chi connectivity index (χ0v) is 12.8. The van der Waals surface area contributed by atoms with Crippen molar-refractivity contribution in [3.05, 3.63) is 35.4 Å². The van der Waals surface area contributed by atoms with Gasteiger partial charge in [-0.2, -0.15) is 0 Å². The van der Waals surface area contributed by atoms with Gasteiger partial charge in [0.05, 0.1) is 6.54 Å². The summed E-state index contributed by atoms with van der Waals surface area (Å²) in [4.78, 5) is 14.1. The third kappa shape index (κ3) is 5.88. The van der Waals surface area contributed by atoms with Crippen LogP contribution in [0.2, 0.25) is 0 Å². The first-order valence-electron chi connectivity index (χ1n) is 6.89. The number of aryl methyl sites for hydroxylation is 1. The molecule has 0 saturated carbocycles. The number of hydrogen-bond acceptors (Lipinski definition) is 2. The van der Waals surface area contributed by atoms with Crippen LogP contribution in [0.15, 0.2) is 24.3 Å². The SMILES string of the molecule is CCN(CC(=O)NC(C)(C)C)Cc1ccccc1C. The van der Waals surface area contributed by atoms with Crippen molar-refractivity contribution in [1.82, 2.24) is 10.2 Å². The summed E-state index contributed by atoms with van der Waals surface area (Å²) in [5.41, 5.74) is 2.39. The number of rotatable bonds is 5. The predicted octanol–water partition coefficient (Wildman–Crippen LogP) is 2.73. The lowest BCUT2D eigenvalue weighted by Crippen LogP contribution is -2.45. The molecule has 0 bridgehead atoms. The highest BCUT2D eigenvalue weighted by Crippen LogP contribution is 2.10. The molecular formula is C16H26N2O. The molecule has 0 radical (unpaired) electrons. The van der Waals surface area contributed by atoms with Crippen molar-refractivity contribution in [2.24, 2.45) is 0 Å². The number of nitrogens with zero attached hydrogens (tertiary/aromatic N) is 1. The summed E-state index contributed by atoms with van der Waals surface area (Å²) in [6.45, 7) is 12.3. The van der Waals surface area contributed by atoms with E-state index >= 15 is 0 Å². The molecule has 0 spiro atoms. The van der Waals surface area contributed by atoms with Gasteiger partial charge in [0.25, 0.3) is 0 Å². The molecule has 0 aromatic heterocycles. The van der Waals surface area contributed by atoms with Gasteiger partial charge in [0, 0.05) is 12.1 Å². The van der Waals surface area contributed by atoms with Crippen LogP contribution in [0.25, 0.3) is 0 Å². The van der Waals surface area contributed by atoms with Crippen LogP contribution in [0.5, 0.6) is 0 Å². The molecule has 0 aliphatic heterocycles. The fraction of sp³-hybridized carbons (Fsp3) is 0.562. The first kappa shape index (κ1) is 15.7. The van der Waals surface area contributed by atoms with Crippen LogP contribution < -0.4 is 5.32 Å². The van der Waals surface area contributed by atoms with Gasteiger partial charge in [-0.15, -0.1) is 0 Å². The maximum Gasteiger partial charge on any atom is 0.234 e. The summed E-state index contributed by atoms with van der Waals surface area (Å²) in [6.07, 6.45) is 0. The first-order chi connectivity index (χ1) is 8.81. The Labute approximate surface area is 117 Å². The Hall–Kier alpha value is -1.35. The minimum absolute atomic E-state index is 0.0861. The molecule has 19 heavy (non-hydrogen) atoms. The minimum Gasteiger partial charge on any atom is -0.350 e.